The molecule has 0 N–H and O–H groups in total. The van der Waals surface area contributed by atoms with Gasteiger partial charge in [-0.3, -0.25) is 0 Å². The van der Waals surface area contributed by atoms with Crippen molar-refractivity contribution >= 4 is 6.21 Å². The number of aromatic nitrogens is 1. The summed E-state index contributed by atoms with van der Waals surface area (Å²) in [5.74, 6) is 0. The number of hydrogen-bond acceptors (Lipinski definition) is 3. The molecule has 0 aliphatic carbocycles. The number of nitrogens with zero attached hydrogens (tertiary/aromatic N) is 2. The molecule has 1 aromatic rings. The van der Waals surface area contributed by atoms with Gasteiger partial charge in [-0.25, -0.2) is 0 Å². The van der Waals surface area contributed by atoms with E-state index in [0.29, 0.717) is 6.61 Å². The van der Waals surface area contributed by atoms with Crippen LogP contribution in [0.3, 0.4) is 0 Å². The molecule has 4 heteroatoms. The Hall–Kier alpha value is -1.58. The van der Waals surface area contributed by atoms with E-state index in [0.717, 1.165) is 16.7 Å². The Morgan fingerprint density at radius 3 is 2.09 bits per heavy atom. The predicted molar refractivity (Wildman–Crippen MR) is 90.8 cm³/mol. The summed E-state index contributed by atoms with van der Waals surface area (Å²) in [6.45, 7) is 2.93. The summed E-state index contributed by atoms with van der Waals surface area (Å²) in [6, 6.07) is 3.42. The number of oxime groups is 1. The average Bonchev–Trinajstić information content (AvgIpc) is 2.53. The van der Waals surface area contributed by atoms with Gasteiger partial charge in [-0.15, -0.1) is 0 Å². The monoisotopic (exact) mass is 306 g/mol. The summed E-state index contributed by atoms with van der Waals surface area (Å²) in [5, 5.41) is 14.8. The summed E-state index contributed by atoms with van der Waals surface area (Å²) in [7, 11) is 0. The van der Waals surface area contributed by atoms with Crippen LogP contribution in [-0.4, -0.2) is 12.8 Å². The molecule has 0 amide bonds. The van der Waals surface area contributed by atoms with Crippen LogP contribution in [-0.2, 0) is 4.84 Å². The predicted octanol–water partition coefficient (Wildman–Crippen LogP) is 4.59. The molecular formula is C18H30N2O2. The molecule has 0 fully saturated rings. The first-order chi connectivity index (χ1) is 10.8. The van der Waals surface area contributed by atoms with Gasteiger partial charge in [0.05, 0.1) is 6.21 Å². The lowest BCUT2D eigenvalue weighted by Crippen LogP contribution is -2.23. The molecule has 1 aromatic heterocycles. The van der Waals surface area contributed by atoms with Gasteiger partial charge in [0, 0.05) is 17.7 Å². The smallest absolute Gasteiger partial charge is 0.181 e. The van der Waals surface area contributed by atoms with Crippen molar-refractivity contribution in [2.24, 2.45) is 5.16 Å². The first-order valence-electron chi connectivity index (χ1n) is 8.67. The number of pyridine rings is 1. The van der Waals surface area contributed by atoms with E-state index < -0.39 is 0 Å². The number of rotatable bonds is 13. The second-order valence-electron chi connectivity index (χ2n) is 5.74. The van der Waals surface area contributed by atoms with E-state index in [1.165, 1.54) is 70.2 Å². The van der Waals surface area contributed by atoms with E-state index >= 15 is 0 Å². The minimum atomic E-state index is 0.668. The highest BCUT2D eigenvalue weighted by molar-refractivity contribution is 5.78. The van der Waals surface area contributed by atoms with Gasteiger partial charge < -0.3 is 10.0 Å². The van der Waals surface area contributed by atoms with Gasteiger partial charge in [-0.2, -0.15) is 4.73 Å². The van der Waals surface area contributed by atoms with Crippen LogP contribution in [0.1, 0.15) is 76.7 Å². The van der Waals surface area contributed by atoms with Crippen LogP contribution in [0.15, 0.2) is 29.7 Å². The molecule has 0 saturated heterocycles. The van der Waals surface area contributed by atoms with E-state index in [2.05, 4.69) is 12.1 Å². The highest BCUT2D eigenvalue weighted by atomic mass is 16.6. The molecule has 0 unspecified atom stereocenters. The van der Waals surface area contributed by atoms with Crippen molar-refractivity contribution in [3.63, 3.8) is 0 Å². The standard InChI is InChI=1S/C18H30N2O2/c1-2-3-4-5-6-7-8-9-10-11-16-22-19-17-18-12-14-20(21)15-13-18/h12-15,17H,2-11,16H2,1H3/b19-17+. The van der Waals surface area contributed by atoms with Gasteiger partial charge >= 0.3 is 0 Å². The van der Waals surface area contributed by atoms with Crippen LogP contribution in [0.25, 0.3) is 0 Å². The maximum absolute atomic E-state index is 10.9. The first kappa shape index (κ1) is 18.5. The number of hydrogen-bond donors (Lipinski definition) is 0. The largest absolute Gasteiger partial charge is 0.619 e. The van der Waals surface area contributed by atoms with Crippen LogP contribution >= 0.6 is 0 Å². The molecule has 0 radical (unpaired) electrons. The van der Waals surface area contributed by atoms with Crippen LogP contribution in [0.5, 0.6) is 0 Å². The van der Waals surface area contributed by atoms with E-state index in [4.69, 9.17) is 4.84 Å². The Labute approximate surface area is 134 Å². The van der Waals surface area contributed by atoms with Crippen molar-refractivity contribution in [1.82, 2.24) is 0 Å². The Bertz CT molecular complexity index is 391. The molecule has 22 heavy (non-hydrogen) atoms. The van der Waals surface area contributed by atoms with E-state index in [1.54, 1.807) is 18.3 Å². The SMILES string of the molecule is CCCCCCCCCCCCO/N=C/c1cc[n+]([O-])cc1. The topological polar surface area (TPSA) is 48.5 Å². The molecule has 0 spiro atoms. The van der Waals surface area contributed by atoms with Crippen molar-refractivity contribution in [2.45, 2.75) is 71.1 Å². The van der Waals surface area contributed by atoms with Crippen molar-refractivity contribution < 1.29 is 9.57 Å². The maximum atomic E-state index is 10.9. The van der Waals surface area contributed by atoms with Gasteiger partial charge in [0.15, 0.2) is 12.4 Å². The van der Waals surface area contributed by atoms with Gasteiger partial charge in [-0.05, 0) is 12.8 Å². The highest BCUT2D eigenvalue weighted by Crippen LogP contribution is 2.10. The zero-order valence-electron chi connectivity index (χ0n) is 13.9. The summed E-state index contributed by atoms with van der Waals surface area (Å²) in [4.78, 5) is 5.22. The summed E-state index contributed by atoms with van der Waals surface area (Å²) >= 11 is 0. The number of unbranched alkanes of at least 4 members (excludes halogenated alkanes) is 9. The second kappa shape index (κ2) is 13.1. The Morgan fingerprint density at radius 1 is 0.955 bits per heavy atom. The molecule has 0 bridgehead atoms. The van der Waals surface area contributed by atoms with Crippen molar-refractivity contribution in [2.75, 3.05) is 6.61 Å². The average molecular weight is 306 g/mol. The molecular weight excluding hydrogens is 276 g/mol. The molecule has 124 valence electrons. The van der Waals surface area contributed by atoms with Gasteiger partial charge in [0.2, 0.25) is 0 Å². The molecule has 1 heterocycles. The fourth-order valence-electron chi connectivity index (χ4n) is 2.32. The molecule has 0 saturated carbocycles. The van der Waals surface area contributed by atoms with Crippen LogP contribution in [0.2, 0.25) is 0 Å². The van der Waals surface area contributed by atoms with Crippen molar-refractivity contribution in [3.05, 3.63) is 35.3 Å². The maximum Gasteiger partial charge on any atom is 0.181 e. The molecule has 0 aliphatic rings. The Kier molecular flexibility index (Phi) is 11.0. The van der Waals surface area contributed by atoms with Crippen molar-refractivity contribution in [3.8, 4) is 0 Å². The first-order valence-corrected chi connectivity index (χ1v) is 8.67. The normalized spacial score (nSPS) is 11.1. The highest BCUT2D eigenvalue weighted by Gasteiger charge is 1.93. The fraction of sp³-hybridized carbons (Fsp3) is 0.667. The summed E-state index contributed by atoms with van der Waals surface area (Å²) < 4.78 is 0.752. The third-order valence-corrected chi connectivity index (χ3v) is 3.69. The zero-order valence-corrected chi connectivity index (χ0v) is 13.9. The van der Waals surface area contributed by atoms with Gasteiger partial charge in [-0.1, -0.05) is 63.4 Å². The van der Waals surface area contributed by atoms with Crippen LogP contribution in [0.4, 0.5) is 0 Å². The Balaban J connectivity index is 1.86. The quantitative estimate of drug-likeness (QED) is 0.176. The van der Waals surface area contributed by atoms with Crippen LogP contribution in [0, 0.1) is 5.21 Å². The fourth-order valence-corrected chi connectivity index (χ4v) is 2.32. The lowest BCUT2D eigenvalue weighted by atomic mass is 10.1. The lowest BCUT2D eigenvalue weighted by molar-refractivity contribution is -0.605. The third-order valence-electron chi connectivity index (χ3n) is 3.69. The Morgan fingerprint density at radius 2 is 1.50 bits per heavy atom. The third kappa shape index (κ3) is 10.2. The van der Waals surface area contributed by atoms with E-state index in [1.807, 2.05) is 0 Å². The lowest BCUT2D eigenvalue weighted by Gasteiger charge is -2.02. The molecule has 4 nitrogen and oxygen atoms in total. The van der Waals surface area contributed by atoms with Crippen molar-refractivity contribution in [1.29, 1.82) is 0 Å². The minimum Gasteiger partial charge on any atom is -0.619 e. The zero-order chi connectivity index (χ0) is 15.9. The molecule has 0 aliphatic heterocycles. The van der Waals surface area contributed by atoms with Gasteiger partial charge in [0.1, 0.15) is 6.61 Å². The van der Waals surface area contributed by atoms with Crippen LogP contribution < -0.4 is 4.73 Å². The summed E-state index contributed by atoms with van der Waals surface area (Å²) in [5.41, 5.74) is 0.871. The van der Waals surface area contributed by atoms with Gasteiger partial charge in [0.25, 0.3) is 0 Å². The molecule has 0 aromatic carbocycles. The van der Waals surface area contributed by atoms with E-state index in [9.17, 15) is 5.21 Å². The minimum absolute atomic E-state index is 0.668. The molecule has 0 atom stereocenters. The van der Waals surface area contributed by atoms with E-state index in [-0.39, 0.29) is 0 Å². The second-order valence-corrected chi connectivity index (χ2v) is 5.74. The summed E-state index contributed by atoms with van der Waals surface area (Å²) in [6.07, 6.45) is 17.7. The molecule has 1 rings (SSSR count).